The number of rotatable bonds is 3. The lowest BCUT2D eigenvalue weighted by Gasteiger charge is -2.39. The third-order valence-corrected chi connectivity index (χ3v) is 5.91. The van der Waals surface area contributed by atoms with Crippen LogP contribution < -0.4 is 5.32 Å². The van der Waals surface area contributed by atoms with Crippen molar-refractivity contribution in [1.82, 2.24) is 4.90 Å². The van der Waals surface area contributed by atoms with Gasteiger partial charge in [0, 0.05) is 24.3 Å². The maximum Gasteiger partial charge on any atom is 0.265 e. The maximum absolute atomic E-state index is 13.0. The van der Waals surface area contributed by atoms with Gasteiger partial charge in [-0.15, -0.1) is 11.3 Å². The van der Waals surface area contributed by atoms with E-state index in [1.54, 1.807) is 12.1 Å². The number of likely N-dealkylation sites (tertiary alicyclic amines) is 1. The zero-order chi connectivity index (χ0) is 18.7. The van der Waals surface area contributed by atoms with Crippen molar-refractivity contribution in [1.29, 1.82) is 0 Å². The van der Waals surface area contributed by atoms with Gasteiger partial charge in [-0.2, -0.15) is 0 Å². The van der Waals surface area contributed by atoms with E-state index in [2.05, 4.69) is 26.1 Å². The van der Waals surface area contributed by atoms with Crippen molar-refractivity contribution in [3.8, 4) is 0 Å². The first kappa shape index (κ1) is 18.6. The van der Waals surface area contributed by atoms with Gasteiger partial charge in [0.1, 0.15) is 0 Å². The van der Waals surface area contributed by atoms with Gasteiger partial charge in [-0.3, -0.25) is 9.59 Å². The minimum absolute atomic E-state index is 0.0474. The first-order valence-corrected chi connectivity index (χ1v) is 9.97. The molecule has 1 aliphatic heterocycles. The molecular formula is C21H26N2O2S. The summed E-state index contributed by atoms with van der Waals surface area (Å²) in [5.74, 6) is 0.420. The van der Waals surface area contributed by atoms with Crippen LogP contribution in [0.1, 0.15) is 53.6 Å². The molecule has 138 valence electrons. The molecule has 0 radical (unpaired) electrons. The third-order valence-electron chi connectivity index (χ3n) is 5.05. The molecule has 3 rings (SSSR count). The number of hydrogen-bond donors (Lipinski definition) is 1. The Balaban J connectivity index is 1.71. The lowest BCUT2D eigenvalue weighted by Crippen LogP contribution is -2.43. The zero-order valence-corrected chi connectivity index (χ0v) is 16.4. The molecule has 1 fully saturated rings. The second-order valence-corrected chi connectivity index (χ2v) is 8.92. The molecule has 1 atom stereocenters. The second kappa shape index (κ2) is 7.62. The number of piperidine rings is 1. The lowest BCUT2D eigenvalue weighted by molar-refractivity contribution is 0.0563. The SMILES string of the molecule is CC(C)(C)[C@H]1CCCN(C(=O)c2cccc(NC(=O)c3cccs3)c2)C1. The van der Waals surface area contributed by atoms with Crippen molar-refractivity contribution in [3.05, 3.63) is 52.2 Å². The summed E-state index contributed by atoms with van der Waals surface area (Å²) in [5, 5.41) is 4.75. The molecule has 2 aromatic rings. The average molecular weight is 371 g/mol. The van der Waals surface area contributed by atoms with Crippen LogP contribution in [0.5, 0.6) is 0 Å². The Hall–Kier alpha value is -2.14. The number of benzene rings is 1. The number of carbonyl (C=O) groups is 2. The third kappa shape index (κ3) is 4.33. The van der Waals surface area contributed by atoms with Crippen LogP contribution in [0.4, 0.5) is 5.69 Å². The normalized spacial score (nSPS) is 17.8. The highest BCUT2D eigenvalue weighted by molar-refractivity contribution is 7.12. The van der Waals surface area contributed by atoms with Gasteiger partial charge in [-0.25, -0.2) is 0 Å². The highest BCUT2D eigenvalue weighted by Crippen LogP contribution is 2.33. The fourth-order valence-electron chi connectivity index (χ4n) is 3.38. The van der Waals surface area contributed by atoms with Crippen LogP contribution in [0.2, 0.25) is 0 Å². The summed E-state index contributed by atoms with van der Waals surface area (Å²) in [6.07, 6.45) is 2.21. The number of anilines is 1. The lowest BCUT2D eigenvalue weighted by atomic mass is 9.76. The first-order chi connectivity index (χ1) is 12.3. The number of nitrogens with zero attached hydrogens (tertiary/aromatic N) is 1. The number of nitrogens with one attached hydrogen (secondary N) is 1. The van der Waals surface area contributed by atoms with E-state index in [9.17, 15) is 9.59 Å². The molecule has 0 saturated carbocycles. The summed E-state index contributed by atoms with van der Waals surface area (Å²) in [5.41, 5.74) is 1.48. The molecule has 1 aromatic heterocycles. The Morgan fingerprint density at radius 1 is 1.19 bits per heavy atom. The van der Waals surface area contributed by atoms with Crippen molar-refractivity contribution < 1.29 is 9.59 Å². The second-order valence-electron chi connectivity index (χ2n) is 7.97. The molecule has 0 aliphatic carbocycles. The number of thiophene rings is 1. The highest BCUT2D eigenvalue weighted by Gasteiger charge is 2.31. The molecule has 2 amide bonds. The summed E-state index contributed by atoms with van der Waals surface area (Å²) in [4.78, 5) is 27.8. The topological polar surface area (TPSA) is 49.4 Å². The Kier molecular flexibility index (Phi) is 5.47. The molecule has 1 saturated heterocycles. The van der Waals surface area contributed by atoms with Crippen LogP contribution in [0, 0.1) is 11.3 Å². The molecular weight excluding hydrogens is 344 g/mol. The van der Waals surface area contributed by atoms with E-state index in [4.69, 9.17) is 0 Å². The van der Waals surface area contributed by atoms with E-state index < -0.39 is 0 Å². The molecule has 4 nitrogen and oxygen atoms in total. The van der Waals surface area contributed by atoms with E-state index in [0.717, 1.165) is 19.5 Å². The van der Waals surface area contributed by atoms with E-state index in [-0.39, 0.29) is 17.2 Å². The van der Waals surface area contributed by atoms with Gasteiger partial charge in [0.2, 0.25) is 0 Å². The summed E-state index contributed by atoms with van der Waals surface area (Å²) >= 11 is 1.40. The average Bonchev–Trinajstić information content (AvgIpc) is 3.15. The van der Waals surface area contributed by atoms with Gasteiger partial charge in [-0.1, -0.05) is 32.9 Å². The summed E-state index contributed by atoms with van der Waals surface area (Å²) in [7, 11) is 0. The van der Waals surface area contributed by atoms with Crippen LogP contribution in [-0.2, 0) is 0 Å². The monoisotopic (exact) mass is 370 g/mol. The highest BCUT2D eigenvalue weighted by atomic mass is 32.1. The Morgan fingerprint density at radius 3 is 2.69 bits per heavy atom. The Labute approximate surface area is 159 Å². The maximum atomic E-state index is 13.0. The fourth-order valence-corrected chi connectivity index (χ4v) is 4.00. The Bertz CT molecular complexity index is 778. The van der Waals surface area contributed by atoms with Crippen LogP contribution in [-0.4, -0.2) is 29.8 Å². The molecule has 0 unspecified atom stereocenters. The van der Waals surface area contributed by atoms with E-state index in [1.165, 1.54) is 17.8 Å². The van der Waals surface area contributed by atoms with E-state index in [0.29, 0.717) is 22.0 Å². The minimum Gasteiger partial charge on any atom is -0.338 e. The van der Waals surface area contributed by atoms with Gasteiger partial charge in [0.05, 0.1) is 4.88 Å². The Morgan fingerprint density at radius 2 is 2.00 bits per heavy atom. The predicted octanol–water partition coefficient (Wildman–Crippen LogP) is 4.90. The van der Waals surface area contributed by atoms with Gasteiger partial charge in [0.15, 0.2) is 0 Å². The molecule has 0 spiro atoms. The van der Waals surface area contributed by atoms with E-state index in [1.807, 2.05) is 34.5 Å². The van der Waals surface area contributed by atoms with Crippen molar-refractivity contribution in [2.24, 2.45) is 11.3 Å². The largest absolute Gasteiger partial charge is 0.338 e. The summed E-state index contributed by atoms with van der Waals surface area (Å²) in [6, 6.07) is 10.9. The smallest absolute Gasteiger partial charge is 0.265 e. The van der Waals surface area contributed by atoms with Gasteiger partial charge in [0.25, 0.3) is 11.8 Å². The molecule has 1 aromatic carbocycles. The van der Waals surface area contributed by atoms with Crippen LogP contribution >= 0.6 is 11.3 Å². The molecule has 0 bridgehead atoms. The van der Waals surface area contributed by atoms with Gasteiger partial charge >= 0.3 is 0 Å². The molecule has 1 N–H and O–H groups in total. The van der Waals surface area contributed by atoms with Gasteiger partial charge < -0.3 is 10.2 Å². The molecule has 1 aliphatic rings. The molecule has 26 heavy (non-hydrogen) atoms. The number of amides is 2. The van der Waals surface area contributed by atoms with Crippen molar-refractivity contribution in [3.63, 3.8) is 0 Å². The zero-order valence-electron chi connectivity index (χ0n) is 15.6. The summed E-state index contributed by atoms with van der Waals surface area (Å²) < 4.78 is 0. The molecule has 5 heteroatoms. The van der Waals surface area contributed by atoms with E-state index >= 15 is 0 Å². The van der Waals surface area contributed by atoms with Crippen LogP contribution in [0.3, 0.4) is 0 Å². The van der Waals surface area contributed by atoms with Crippen molar-refractivity contribution >= 4 is 28.8 Å². The predicted molar refractivity (Wildman–Crippen MR) is 107 cm³/mol. The fraction of sp³-hybridized carbons (Fsp3) is 0.429. The quantitative estimate of drug-likeness (QED) is 0.835. The van der Waals surface area contributed by atoms with Crippen molar-refractivity contribution in [2.75, 3.05) is 18.4 Å². The number of carbonyl (C=O) groups excluding carboxylic acids is 2. The van der Waals surface area contributed by atoms with Crippen molar-refractivity contribution in [2.45, 2.75) is 33.6 Å². The van der Waals surface area contributed by atoms with Crippen LogP contribution in [0.25, 0.3) is 0 Å². The first-order valence-electron chi connectivity index (χ1n) is 9.09. The summed E-state index contributed by atoms with van der Waals surface area (Å²) in [6.45, 7) is 8.33. The number of hydrogen-bond acceptors (Lipinski definition) is 3. The minimum atomic E-state index is -0.143. The molecule has 2 heterocycles. The van der Waals surface area contributed by atoms with Gasteiger partial charge in [-0.05, 0) is 53.8 Å². The standard InChI is InChI=1S/C21H26N2O2S/c1-21(2,3)16-8-5-11-23(14-16)20(25)15-7-4-9-17(13-15)22-19(24)18-10-6-12-26-18/h4,6-7,9-10,12-13,16H,5,8,11,14H2,1-3H3,(H,22,24)/t16-/m0/s1. The van der Waals surface area contributed by atoms with Crippen LogP contribution in [0.15, 0.2) is 41.8 Å².